The number of amides is 2. The Hall–Kier alpha value is -2.88. The number of hydrogen-bond acceptors (Lipinski definition) is 5. The molecule has 3 rings (SSSR count). The number of nitrogens with one attached hydrogen (secondary N) is 2. The molecule has 32 heavy (non-hydrogen) atoms. The summed E-state index contributed by atoms with van der Waals surface area (Å²) in [5.74, 6) is -0.550. The van der Waals surface area contributed by atoms with Crippen molar-refractivity contribution in [2.75, 3.05) is 16.4 Å². The maximum absolute atomic E-state index is 13.0. The molecule has 0 aliphatic rings. The second kappa shape index (κ2) is 11.1. The molecule has 3 aromatic rings. The number of benzene rings is 2. The first-order chi connectivity index (χ1) is 15.4. The van der Waals surface area contributed by atoms with Crippen molar-refractivity contribution in [1.82, 2.24) is 14.8 Å². The van der Waals surface area contributed by atoms with Crippen LogP contribution in [0.15, 0.2) is 60.3 Å². The Kier molecular flexibility index (Phi) is 8.26. The largest absolute Gasteiger partial charge is 0.326 e. The van der Waals surface area contributed by atoms with Crippen LogP contribution in [0.3, 0.4) is 0 Å². The lowest BCUT2D eigenvalue weighted by Crippen LogP contribution is -2.18. The molecule has 0 atom stereocenters. The summed E-state index contributed by atoms with van der Waals surface area (Å²) in [4.78, 5) is 24.7. The standard InChI is InChI=1S/C21H18Cl2FN5O2S/c1-2-9-29-18(11-19(30)25-15-6-4-14(24)5-7-15)27-28-21(29)32-12-20(31)26-17-8-3-13(22)10-16(17)23/h2-8,10H,1,9,11-12H2,(H,25,30)(H,26,31). The number of allylic oxidation sites excluding steroid dienone is 1. The van der Waals surface area contributed by atoms with Gasteiger partial charge in [-0.05, 0) is 42.5 Å². The molecule has 0 aliphatic heterocycles. The van der Waals surface area contributed by atoms with Crippen molar-refractivity contribution in [3.63, 3.8) is 0 Å². The molecule has 0 spiro atoms. The number of halogens is 3. The van der Waals surface area contributed by atoms with Crippen LogP contribution in [0.1, 0.15) is 5.82 Å². The monoisotopic (exact) mass is 493 g/mol. The lowest BCUT2D eigenvalue weighted by atomic mass is 10.3. The van der Waals surface area contributed by atoms with E-state index in [1.807, 2.05) is 0 Å². The molecule has 2 N–H and O–H groups in total. The number of carbonyl (C=O) groups is 2. The molecule has 1 aromatic heterocycles. The first-order valence-corrected chi connectivity index (χ1v) is 11.1. The molecule has 2 amide bonds. The van der Waals surface area contributed by atoms with Crippen LogP contribution in [0.4, 0.5) is 15.8 Å². The summed E-state index contributed by atoms with van der Waals surface area (Å²) < 4.78 is 14.7. The van der Waals surface area contributed by atoms with E-state index in [4.69, 9.17) is 23.2 Å². The minimum Gasteiger partial charge on any atom is -0.326 e. The Morgan fingerprint density at radius 2 is 1.84 bits per heavy atom. The van der Waals surface area contributed by atoms with E-state index in [-0.39, 0.29) is 24.0 Å². The average Bonchev–Trinajstić information content (AvgIpc) is 3.12. The van der Waals surface area contributed by atoms with E-state index >= 15 is 0 Å². The zero-order valence-corrected chi connectivity index (χ0v) is 19.0. The van der Waals surface area contributed by atoms with E-state index in [1.54, 1.807) is 22.8 Å². The van der Waals surface area contributed by atoms with E-state index in [9.17, 15) is 14.0 Å². The number of rotatable bonds is 9. The van der Waals surface area contributed by atoms with Gasteiger partial charge in [-0.15, -0.1) is 16.8 Å². The topological polar surface area (TPSA) is 88.9 Å². The predicted octanol–water partition coefficient (Wildman–Crippen LogP) is 4.82. The minimum absolute atomic E-state index is 0.0502. The van der Waals surface area contributed by atoms with Crippen molar-refractivity contribution in [2.24, 2.45) is 0 Å². The van der Waals surface area contributed by atoms with E-state index in [2.05, 4.69) is 27.4 Å². The Labute approximate surface area is 198 Å². The van der Waals surface area contributed by atoms with Crippen LogP contribution in [0.25, 0.3) is 0 Å². The summed E-state index contributed by atoms with van der Waals surface area (Å²) >= 11 is 13.1. The molecule has 0 radical (unpaired) electrons. The second-order valence-electron chi connectivity index (χ2n) is 6.49. The van der Waals surface area contributed by atoms with Crippen LogP contribution in [-0.4, -0.2) is 32.3 Å². The van der Waals surface area contributed by atoms with Gasteiger partial charge in [0.15, 0.2) is 5.16 Å². The lowest BCUT2D eigenvalue weighted by molar-refractivity contribution is -0.116. The van der Waals surface area contributed by atoms with Crippen molar-refractivity contribution in [3.05, 3.63) is 76.8 Å². The molecule has 0 saturated heterocycles. The van der Waals surface area contributed by atoms with Crippen LogP contribution in [0.5, 0.6) is 0 Å². The first kappa shape index (κ1) is 23.8. The summed E-state index contributed by atoms with van der Waals surface area (Å²) in [5, 5.41) is 14.8. The van der Waals surface area contributed by atoms with Crippen LogP contribution in [-0.2, 0) is 22.6 Å². The van der Waals surface area contributed by atoms with Crippen molar-refractivity contribution in [2.45, 2.75) is 18.1 Å². The molecule has 0 saturated carbocycles. The predicted molar refractivity (Wildman–Crippen MR) is 125 cm³/mol. The van der Waals surface area contributed by atoms with Crippen molar-refractivity contribution in [3.8, 4) is 0 Å². The third-order valence-electron chi connectivity index (χ3n) is 4.09. The fourth-order valence-electron chi connectivity index (χ4n) is 2.66. The van der Waals surface area contributed by atoms with Gasteiger partial charge < -0.3 is 15.2 Å². The molecular formula is C21H18Cl2FN5O2S. The van der Waals surface area contributed by atoms with E-state index in [1.165, 1.54) is 30.3 Å². The highest BCUT2D eigenvalue weighted by atomic mass is 35.5. The molecule has 166 valence electrons. The van der Waals surface area contributed by atoms with Gasteiger partial charge in [0.1, 0.15) is 11.6 Å². The SMILES string of the molecule is C=CCn1c(CC(=O)Nc2ccc(F)cc2)nnc1SCC(=O)Nc1ccc(Cl)cc1Cl. The summed E-state index contributed by atoms with van der Waals surface area (Å²) in [7, 11) is 0. The quantitative estimate of drug-likeness (QED) is 0.329. The number of anilines is 2. The average molecular weight is 494 g/mol. The van der Waals surface area contributed by atoms with Gasteiger partial charge in [0.25, 0.3) is 0 Å². The third kappa shape index (κ3) is 6.56. The molecule has 0 fully saturated rings. The Bertz CT molecular complexity index is 1140. The van der Waals surface area contributed by atoms with Crippen LogP contribution in [0.2, 0.25) is 10.0 Å². The summed E-state index contributed by atoms with van der Waals surface area (Å²) in [5.41, 5.74) is 0.922. The molecule has 0 unspecified atom stereocenters. The van der Waals surface area contributed by atoms with Gasteiger partial charge in [-0.1, -0.05) is 41.0 Å². The molecular weight excluding hydrogens is 476 g/mol. The van der Waals surface area contributed by atoms with Gasteiger partial charge >= 0.3 is 0 Å². The highest BCUT2D eigenvalue weighted by Crippen LogP contribution is 2.26. The van der Waals surface area contributed by atoms with E-state index in [0.29, 0.717) is 38.9 Å². The molecule has 2 aromatic carbocycles. The normalized spacial score (nSPS) is 10.6. The maximum Gasteiger partial charge on any atom is 0.234 e. The van der Waals surface area contributed by atoms with Gasteiger partial charge in [-0.2, -0.15) is 0 Å². The molecule has 1 heterocycles. The second-order valence-corrected chi connectivity index (χ2v) is 8.28. The van der Waals surface area contributed by atoms with E-state index < -0.39 is 5.82 Å². The number of thioether (sulfide) groups is 1. The minimum atomic E-state index is -0.391. The zero-order valence-electron chi connectivity index (χ0n) is 16.6. The summed E-state index contributed by atoms with van der Waals surface area (Å²) in [6.45, 7) is 4.07. The molecule has 11 heteroatoms. The number of carbonyl (C=O) groups excluding carboxylic acids is 2. The lowest BCUT2D eigenvalue weighted by Gasteiger charge is -2.09. The van der Waals surface area contributed by atoms with Crippen LogP contribution < -0.4 is 10.6 Å². The number of hydrogen-bond donors (Lipinski definition) is 2. The van der Waals surface area contributed by atoms with Crippen molar-refractivity contribution >= 4 is 58.2 Å². The van der Waals surface area contributed by atoms with E-state index in [0.717, 1.165) is 11.8 Å². The molecule has 7 nitrogen and oxygen atoms in total. The zero-order chi connectivity index (χ0) is 23.1. The van der Waals surface area contributed by atoms with Gasteiger partial charge in [0, 0.05) is 17.3 Å². The van der Waals surface area contributed by atoms with Crippen LogP contribution in [0, 0.1) is 5.82 Å². The van der Waals surface area contributed by atoms with Gasteiger partial charge in [0.2, 0.25) is 11.8 Å². The third-order valence-corrected chi connectivity index (χ3v) is 5.60. The molecule has 0 bridgehead atoms. The van der Waals surface area contributed by atoms with Crippen molar-refractivity contribution < 1.29 is 14.0 Å². The molecule has 0 aliphatic carbocycles. The van der Waals surface area contributed by atoms with Gasteiger partial charge in [0.05, 0.1) is 22.9 Å². The fourth-order valence-corrected chi connectivity index (χ4v) is 3.88. The smallest absolute Gasteiger partial charge is 0.234 e. The van der Waals surface area contributed by atoms with Gasteiger partial charge in [-0.25, -0.2) is 4.39 Å². The number of aromatic nitrogens is 3. The maximum atomic E-state index is 13.0. The first-order valence-electron chi connectivity index (χ1n) is 9.32. The number of nitrogens with zero attached hydrogens (tertiary/aromatic N) is 3. The highest BCUT2D eigenvalue weighted by Gasteiger charge is 2.17. The Balaban J connectivity index is 1.62. The Morgan fingerprint density at radius 3 is 2.53 bits per heavy atom. The summed E-state index contributed by atoms with van der Waals surface area (Å²) in [6, 6.07) is 10.2. The van der Waals surface area contributed by atoms with Crippen LogP contribution >= 0.6 is 35.0 Å². The summed E-state index contributed by atoms with van der Waals surface area (Å²) in [6.07, 6.45) is 1.59. The fraction of sp³-hybridized carbons (Fsp3) is 0.143. The van der Waals surface area contributed by atoms with Crippen molar-refractivity contribution in [1.29, 1.82) is 0 Å². The van der Waals surface area contributed by atoms with Gasteiger partial charge in [-0.3, -0.25) is 9.59 Å². The Morgan fingerprint density at radius 1 is 1.09 bits per heavy atom. The highest BCUT2D eigenvalue weighted by molar-refractivity contribution is 7.99.